The summed E-state index contributed by atoms with van der Waals surface area (Å²) in [6, 6.07) is 3.98. The summed E-state index contributed by atoms with van der Waals surface area (Å²) in [4.78, 5) is 17.3. The zero-order valence-electron chi connectivity index (χ0n) is 17.3. The first-order valence-corrected chi connectivity index (χ1v) is 10.1. The van der Waals surface area contributed by atoms with Gasteiger partial charge in [-0.2, -0.15) is 0 Å². The van der Waals surface area contributed by atoms with Crippen LogP contribution in [0, 0.1) is 11.8 Å². The Morgan fingerprint density at radius 3 is 2.21 bits per heavy atom. The zero-order valence-corrected chi connectivity index (χ0v) is 17.3. The molecule has 1 aromatic carbocycles. The van der Waals surface area contributed by atoms with Gasteiger partial charge in [0.25, 0.3) is 0 Å². The van der Waals surface area contributed by atoms with E-state index >= 15 is 0 Å². The van der Waals surface area contributed by atoms with Crippen LogP contribution in [0.2, 0.25) is 0 Å². The first-order chi connectivity index (χ1) is 13.6. The van der Waals surface area contributed by atoms with E-state index in [9.17, 15) is 4.79 Å². The number of nitrogens with two attached hydrogens (primary N) is 1. The number of hydrogen-bond donors (Lipinski definition) is 1. The van der Waals surface area contributed by atoms with Crippen molar-refractivity contribution >= 4 is 5.91 Å². The van der Waals surface area contributed by atoms with Crippen LogP contribution in [0.25, 0.3) is 0 Å². The third kappa shape index (κ3) is 4.36. The summed E-state index contributed by atoms with van der Waals surface area (Å²) in [5.74, 6) is 2.74. The summed E-state index contributed by atoms with van der Waals surface area (Å²) in [6.45, 7) is 4.68. The van der Waals surface area contributed by atoms with Gasteiger partial charge in [-0.05, 0) is 43.0 Å². The van der Waals surface area contributed by atoms with Crippen molar-refractivity contribution in [2.24, 2.45) is 17.6 Å². The van der Waals surface area contributed by atoms with Crippen LogP contribution in [-0.4, -0.2) is 69.8 Å². The highest BCUT2D eigenvalue weighted by Gasteiger charge is 2.35. The minimum atomic E-state index is 0.131. The van der Waals surface area contributed by atoms with Crippen LogP contribution in [0.1, 0.15) is 24.8 Å². The fraction of sp³-hybridized carbons (Fsp3) is 0.667. The average Bonchev–Trinajstić information content (AvgIpc) is 3.21. The lowest BCUT2D eigenvalue weighted by atomic mass is 9.94. The van der Waals surface area contributed by atoms with Crippen molar-refractivity contribution in [2.45, 2.75) is 25.8 Å². The Kier molecular flexibility index (Phi) is 7.02. The molecule has 7 nitrogen and oxygen atoms in total. The van der Waals surface area contributed by atoms with E-state index in [-0.39, 0.29) is 5.92 Å². The van der Waals surface area contributed by atoms with Crippen LogP contribution in [0.4, 0.5) is 0 Å². The first-order valence-electron chi connectivity index (χ1n) is 10.1. The zero-order chi connectivity index (χ0) is 20.1. The van der Waals surface area contributed by atoms with Gasteiger partial charge < -0.3 is 24.8 Å². The summed E-state index contributed by atoms with van der Waals surface area (Å²) in [5.41, 5.74) is 6.96. The maximum atomic E-state index is 12.9. The molecule has 2 aliphatic rings. The van der Waals surface area contributed by atoms with Gasteiger partial charge in [0, 0.05) is 38.6 Å². The van der Waals surface area contributed by atoms with E-state index in [2.05, 4.69) is 4.90 Å². The number of rotatable bonds is 7. The van der Waals surface area contributed by atoms with E-state index in [1.165, 1.54) is 0 Å². The Morgan fingerprint density at radius 1 is 1.04 bits per heavy atom. The normalized spacial score (nSPS) is 22.9. The molecule has 156 valence electrons. The fourth-order valence-electron chi connectivity index (χ4n) is 4.49. The molecule has 28 heavy (non-hydrogen) atoms. The summed E-state index contributed by atoms with van der Waals surface area (Å²) < 4.78 is 16.3. The SMILES string of the molecule is COc1cc(CN2CCN(C(=O)[C@@H]3CCC[C@@H]3CN)CC2)cc(OC)c1OC. The minimum absolute atomic E-state index is 0.131. The van der Waals surface area contributed by atoms with Gasteiger partial charge in [0.1, 0.15) is 0 Å². The van der Waals surface area contributed by atoms with Gasteiger partial charge in [0.05, 0.1) is 21.3 Å². The van der Waals surface area contributed by atoms with E-state index in [4.69, 9.17) is 19.9 Å². The molecule has 0 radical (unpaired) electrons. The number of hydrogen-bond acceptors (Lipinski definition) is 6. The van der Waals surface area contributed by atoms with Gasteiger partial charge in [0.15, 0.2) is 11.5 Å². The molecule has 0 bridgehead atoms. The second-order valence-electron chi connectivity index (χ2n) is 7.67. The van der Waals surface area contributed by atoms with E-state index in [1.807, 2.05) is 17.0 Å². The number of nitrogens with zero attached hydrogens (tertiary/aromatic N) is 2. The molecule has 2 atom stereocenters. The largest absolute Gasteiger partial charge is 0.493 e. The van der Waals surface area contributed by atoms with E-state index in [0.29, 0.717) is 35.6 Å². The van der Waals surface area contributed by atoms with Gasteiger partial charge in [0.2, 0.25) is 11.7 Å². The number of piperazine rings is 1. The lowest BCUT2D eigenvalue weighted by Crippen LogP contribution is -2.50. The average molecular weight is 392 g/mol. The van der Waals surface area contributed by atoms with Crippen LogP contribution < -0.4 is 19.9 Å². The fourth-order valence-corrected chi connectivity index (χ4v) is 4.49. The minimum Gasteiger partial charge on any atom is -0.493 e. The number of carbonyl (C=O) groups is 1. The number of amides is 1. The Bertz CT molecular complexity index is 649. The Morgan fingerprint density at radius 2 is 1.68 bits per heavy atom. The smallest absolute Gasteiger partial charge is 0.226 e. The Labute approximate surface area is 167 Å². The van der Waals surface area contributed by atoms with Crippen LogP contribution in [0.15, 0.2) is 12.1 Å². The van der Waals surface area contributed by atoms with Gasteiger partial charge in [-0.25, -0.2) is 0 Å². The number of benzene rings is 1. The third-order valence-electron chi connectivity index (χ3n) is 6.09. The molecule has 1 aliphatic carbocycles. The van der Waals surface area contributed by atoms with Crippen LogP contribution >= 0.6 is 0 Å². The third-order valence-corrected chi connectivity index (χ3v) is 6.09. The molecule has 1 aliphatic heterocycles. The molecular formula is C21H33N3O4. The molecule has 3 rings (SSSR count). The number of ether oxygens (including phenoxy) is 3. The second-order valence-corrected chi connectivity index (χ2v) is 7.67. The van der Waals surface area contributed by atoms with Crippen LogP contribution in [-0.2, 0) is 11.3 Å². The highest BCUT2D eigenvalue weighted by Crippen LogP contribution is 2.38. The van der Waals surface area contributed by atoms with Crippen molar-refractivity contribution in [3.63, 3.8) is 0 Å². The maximum Gasteiger partial charge on any atom is 0.226 e. The monoisotopic (exact) mass is 391 g/mol. The molecule has 1 saturated heterocycles. The molecule has 2 fully saturated rings. The molecule has 7 heteroatoms. The first kappa shape index (κ1) is 20.7. The maximum absolute atomic E-state index is 12.9. The lowest BCUT2D eigenvalue weighted by Gasteiger charge is -2.36. The van der Waals surface area contributed by atoms with Crippen LogP contribution in [0.5, 0.6) is 17.2 Å². The molecule has 1 amide bonds. The van der Waals surface area contributed by atoms with Crippen molar-refractivity contribution in [1.82, 2.24) is 9.80 Å². The van der Waals surface area contributed by atoms with Crippen LogP contribution in [0.3, 0.4) is 0 Å². The Hall–Kier alpha value is -1.99. The number of methoxy groups -OCH3 is 3. The molecule has 1 saturated carbocycles. The molecule has 0 unspecified atom stereocenters. The van der Waals surface area contributed by atoms with Gasteiger partial charge in [-0.15, -0.1) is 0 Å². The summed E-state index contributed by atoms with van der Waals surface area (Å²) in [7, 11) is 4.86. The van der Waals surface area contributed by atoms with Crippen molar-refractivity contribution in [3.05, 3.63) is 17.7 Å². The van der Waals surface area contributed by atoms with Gasteiger partial charge in [-0.1, -0.05) is 6.42 Å². The van der Waals surface area contributed by atoms with Gasteiger partial charge in [-0.3, -0.25) is 9.69 Å². The van der Waals surface area contributed by atoms with Crippen molar-refractivity contribution in [1.29, 1.82) is 0 Å². The second kappa shape index (κ2) is 9.47. The number of carbonyl (C=O) groups excluding carboxylic acids is 1. The molecule has 1 heterocycles. The highest BCUT2D eigenvalue weighted by atomic mass is 16.5. The molecule has 0 spiro atoms. The summed E-state index contributed by atoms with van der Waals surface area (Å²) in [6.07, 6.45) is 3.21. The summed E-state index contributed by atoms with van der Waals surface area (Å²) >= 11 is 0. The standard InChI is InChI=1S/C21H33N3O4/c1-26-18-11-15(12-19(27-2)20(18)28-3)14-23-7-9-24(10-8-23)21(25)17-6-4-5-16(17)13-22/h11-12,16-17H,4-10,13-14,22H2,1-3H3/t16-,17-/m1/s1. The van der Waals surface area contributed by atoms with E-state index in [1.54, 1.807) is 21.3 Å². The quantitative estimate of drug-likeness (QED) is 0.763. The summed E-state index contributed by atoms with van der Waals surface area (Å²) in [5, 5.41) is 0. The van der Waals surface area contributed by atoms with E-state index in [0.717, 1.165) is 57.5 Å². The predicted molar refractivity (Wildman–Crippen MR) is 108 cm³/mol. The highest BCUT2D eigenvalue weighted by molar-refractivity contribution is 5.79. The lowest BCUT2D eigenvalue weighted by molar-refractivity contribution is -0.138. The van der Waals surface area contributed by atoms with Crippen molar-refractivity contribution in [2.75, 3.05) is 54.1 Å². The molecule has 2 N–H and O–H groups in total. The van der Waals surface area contributed by atoms with Crippen molar-refractivity contribution in [3.8, 4) is 17.2 Å². The Balaban J connectivity index is 1.59. The van der Waals surface area contributed by atoms with Gasteiger partial charge >= 0.3 is 0 Å². The molecule has 0 aromatic heterocycles. The topological polar surface area (TPSA) is 77.3 Å². The predicted octanol–water partition coefficient (Wildman–Crippen LogP) is 1.73. The van der Waals surface area contributed by atoms with Crippen molar-refractivity contribution < 1.29 is 19.0 Å². The molecular weight excluding hydrogens is 358 g/mol. The molecule has 1 aromatic rings. The van der Waals surface area contributed by atoms with E-state index < -0.39 is 0 Å².